The first-order chi connectivity index (χ1) is 19.4. The van der Waals surface area contributed by atoms with E-state index in [4.69, 9.17) is 19.7 Å². The van der Waals surface area contributed by atoms with Gasteiger partial charge >= 0.3 is 12.1 Å². The van der Waals surface area contributed by atoms with Crippen molar-refractivity contribution >= 4 is 21.8 Å². The van der Waals surface area contributed by atoms with Gasteiger partial charge in [-0.15, -0.1) is 0 Å². The third-order valence-corrected chi connectivity index (χ3v) is 8.05. The van der Waals surface area contributed by atoms with E-state index in [0.717, 1.165) is 0 Å². The molecule has 3 aliphatic rings. The molecule has 3 fully saturated rings. The first kappa shape index (κ1) is 23.9. The lowest BCUT2D eigenvalue weighted by atomic mass is 9.66. The van der Waals surface area contributed by atoms with Gasteiger partial charge in [-0.3, -0.25) is 0 Å². The number of nitrogens with one attached hydrogen (secondary N) is 1. The lowest BCUT2D eigenvalue weighted by Gasteiger charge is -2.43. The molecule has 15 heteroatoms. The molecule has 0 radical (unpaired) electrons. The summed E-state index contributed by atoms with van der Waals surface area (Å²) in [6.07, 6.45) is 2.75. The van der Waals surface area contributed by atoms with Crippen molar-refractivity contribution in [2.24, 2.45) is 5.41 Å². The smallest absolute Gasteiger partial charge is 0.475 e. The second kappa shape index (κ2) is 9.86. The number of nitriles is 1. The molecule has 2 heterocycles. The van der Waals surface area contributed by atoms with Gasteiger partial charge in [0, 0.05) is 33.2 Å². The fraction of sp³-hybridized carbons (Fsp3) is 0.333. The molecule has 0 aliphatic heterocycles. The molecule has 3 aromatic rings. The first-order valence-corrected chi connectivity index (χ1v) is 12.7. The Bertz CT molecular complexity index is 1680. The largest absolute Gasteiger partial charge is 0.490 e. The van der Waals surface area contributed by atoms with Crippen LogP contribution >= 0.6 is 0 Å². The zero-order valence-electron chi connectivity index (χ0n) is 22.9. The van der Waals surface area contributed by atoms with E-state index in [-0.39, 0.29) is 33.2 Å². The van der Waals surface area contributed by atoms with Crippen LogP contribution < -0.4 is 10.5 Å². The lowest BCUT2D eigenvalue weighted by Crippen LogP contribution is -2.55. The van der Waals surface area contributed by atoms with E-state index in [0.29, 0.717) is 31.2 Å². The Hall–Kier alpha value is -4.16. The topological polar surface area (TPSA) is 185 Å². The second-order valence-corrected chi connectivity index (χ2v) is 10.9. The standard InChI is InChI=1S/C22H21N7O2S.C2HF3O2/c1-14-2-3-16(32(30,31)29-22-5-4-21(10-22,11-22)12-23)6-17(14)18-9-27-20(24)19(28-18)15-7-25-13-26-8-15;3-2(4,5)1(6)7/h2-3,6-9,13,29H,4-5,10-11H2,1H3,(H2,24,27);(H,6,7)/i1D3;. The van der Waals surface area contributed by atoms with E-state index >= 15 is 0 Å². The number of carboxylic acid groups (broad SMARTS) is 1. The maximum atomic E-state index is 13.3. The second-order valence-electron chi connectivity index (χ2n) is 9.26. The molecule has 2 aromatic heterocycles. The lowest BCUT2D eigenvalue weighted by molar-refractivity contribution is -0.192. The molecule has 39 heavy (non-hydrogen) atoms. The van der Waals surface area contributed by atoms with E-state index in [1.54, 1.807) is 0 Å². The first-order valence-electron chi connectivity index (χ1n) is 12.7. The summed E-state index contributed by atoms with van der Waals surface area (Å²) in [5.41, 5.74) is 5.80. The van der Waals surface area contributed by atoms with E-state index in [1.165, 1.54) is 43.1 Å². The summed E-state index contributed by atoms with van der Waals surface area (Å²) >= 11 is 0. The number of aryl methyl sites for hydroxylation is 1. The summed E-state index contributed by atoms with van der Waals surface area (Å²) in [6.45, 7) is -2.53. The number of nitrogens with zero attached hydrogens (tertiary/aromatic N) is 5. The Balaban J connectivity index is 0.000000517. The van der Waals surface area contributed by atoms with Crippen LogP contribution in [0.3, 0.4) is 0 Å². The number of anilines is 1. The van der Waals surface area contributed by atoms with Crippen molar-refractivity contribution in [2.75, 3.05) is 5.73 Å². The van der Waals surface area contributed by atoms with Crippen molar-refractivity contribution in [1.82, 2.24) is 24.7 Å². The SMILES string of the molecule is O=C(O)C(F)(F)F.[2H]C([2H])([2H])c1ccc(S(=O)(=O)NC23CCC(C#N)(C2)C3)cc1-c1cnc(N)c(-c2cncnc2)n1. The van der Waals surface area contributed by atoms with Gasteiger partial charge in [-0.2, -0.15) is 18.4 Å². The fourth-order valence-corrected chi connectivity index (χ4v) is 6.20. The molecule has 204 valence electrons. The molecular formula is C24H22F3N7O4S. The van der Waals surface area contributed by atoms with Gasteiger partial charge in [-0.25, -0.2) is 37.9 Å². The highest BCUT2D eigenvalue weighted by molar-refractivity contribution is 7.89. The van der Waals surface area contributed by atoms with Gasteiger partial charge < -0.3 is 10.8 Å². The van der Waals surface area contributed by atoms with Gasteiger partial charge in [0.1, 0.15) is 17.8 Å². The zero-order valence-corrected chi connectivity index (χ0v) is 20.7. The Morgan fingerprint density at radius 2 is 1.90 bits per heavy atom. The van der Waals surface area contributed by atoms with E-state index in [9.17, 15) is 26.9 Å². The summed E-state index contributed by atoms with van der Waals surface area (Å²) < 4.78 is 84.9. The Morgan fingerprint density at radius 3 is 2.46 bits per heavy atom. The molecule has 0 atom stereocenters. The predicted molar refractivity (Wildman–Crippen MR) is 131 cm³/mol. The van der Waals surface area contributed by atoms with Gasteiger partial charge in [0.05, 0.1) is 28.3 Å². The highest BCUT2D eigenvalue weighted by atomic mass is 32.2. The van der Waals surface area contributed by atoms with Crippen molar-refractivity contribution in [3.05, 3.63) is 48.7 Å². The number of hydrogen-bond acceptors (Lipinski definition) is 9. The summed E-state index contributed by atoms with van der Waals surface area (Å²) in [7, 11) is -4.00. The van der Waals surface area contributed by atoms with Crippen LogP contribution in [0.4, 0.5) is 19.0 Å². The highest BCUT2D eigenvalue weighted by Crippen LogP contribution is 2.61. The maximum Gasteiger partial charge on any atom is 0.490 e. The number of halogens is 3. The van der Waals surface area contributed by atoms with Crippen molar-refractivity contribution in [3.8, 4) is 28.6 Å². The minimum absolute atomic E-state index is 0.0723. The quantitative estimate of drug-likeness (QED) is 0.415. The van der Waals surface area contributed by atoms with Crippen molar-refractivity contribution < 1.29 is 35.6 Å². The van der Waals surface area contributed by atoms with Gasteiger partial charge in [0.2, 0.25) is 10.0 Å². The van der Waals surface area contributed by atoms with Crippen molar-refractivity contribution in [2.45, 2.75) is 49.1 Å². The number of carboxylic acids is 1. The van der Waals surface area contributed by atoms with Crippen molar-refractivity contribution in [1.29, 1.82) is 5.26 Å². The van der Waals surface area contributed by atoms with E-state index < -0.39 is 40.0 Å². The summed E-state index contributed by atoms with van der Waals surface area (Å²) in [6, 6.07) is 6.13. The molecule has 0 spiro atoms. The van der Waals surface area contributed by atoms with Crippen LogP contribution in [0, 0.1) is 23.6 Å². The molecule has 0 saturated heterocycles. The molecule has 2 bridgehead atoms. The van der Waals surface area contributed by atoms with Crippen LogP contribution in [0.2, 0.25) is 0 Å². The number of nitrogens with two attached hydrogens (primary N) is 1. The zero-order chi connectivity index (χ0) is 31.1. The summed E-state index contributed by atoms with van der Waals surface area (Å²) in [4.78, 5) is 25.3. The maximum absolute atomic E-state index is 13.3. The monoisotopic (exact) mass is 564 g/mol. The van der Waals surface area contributed by atoms with E-state index in [2.05, 4.69) is 30.7 Å². The molecule has 0 unspecified atom stereocenters. The third kappa shape index (κ3) is 5.66. The average Bonchev–Trinajstić information content (AvgIpc) is 3.44. The molecule has 4 N–H and O–H groups in total. The Morgan fingerprint density at radius 1 is 1.23 bits per heavy atom. The third-order valence-electron chi connectivity index (χ3n) is 6.48. The highest BCUT2D eigenvalue weighted by Gasteiger charge is 2.62. The number of carbonyl (C=O) groups is 1. The number of hydrogen-bond donors (Lipinski definition) is 3. The number of sulfonamides is 1. The number of aliphatic carboxylic acids is 1. The van der Waals surface area contributed by atoms with Crippen LogP contribution in [0.25, 0.3) is 22.5 Å². The summed E-state index contributed by atoms with van der Waals surface area (Å²) in [5.74, 6) is -2.66. The minimum Gasteiger partial charge on any atom is -0.475 e. The van der Waals surface area contributed by atoms with Crippen LogP contribution in [-0.4, -0.2) is 51.1 Å². The van der Waals surface area contributed by atoms with Crippen LogP contribution in [-0.2, 0) is 14.8 Å². The number of fused-ring (bicyclic) bond motifs is 1. The number of aromatic nitrogens is 4. The number of rotatable bonds is 5. The fourth-order valence-electron chi connectivity index (χ4n) is 4.74. The van der Waals surface area contributed by atoms with Crippen LogP contribution in [0.5, 0.6) is 0 Å². The molecule has 11 nitrogen and oxygen atoms in total. The molecule has 6 rings (SSSR count). The molecular weight excluding hydrogens is 539 g/mol. The van der Waals surface area contributed by atoms with Crippen molar-refractivity contribution in [3.63, 3.8) is 0 Å². The van der Waals surface area contributed by atoms with Gasteiger partial charge in [0.25, 0.3) is 0 Å². The molecule has 3 aliphatic carbocycles. The van der Waals surface area contributed by atoms with Gasteiger partial charge in [0.15, 0.2) is 0 Å². The average molecular weight is 565 g/mol. The van der Waals surface area contributed by atoms with Crippen LogP contribution in [0.15, 0.2) is 48.0 Å². The summed E-state index contributed by atoms with van der Waals surface area (Å²) in [5, 5.41) is 16.5. The Kier molecular flexibility index (Phi) is 6.05. The minimum atomic E-state index is -5.08. The number of alkyl halides is 3. The predicted octanol–water partition coefficient (Wildman–Crippen LogP) is 3.24. The Labute approximate surface area is 225 Å². The van der Waals surface area contributed by atoms with Gasteiger partial charge in [-0.05, 0) is 50.2 Å². The van der Waals surface area contributed by atoms with Crippen LogP contribution in [0.1, 0.15) is 35.4 Å². The molecule has 3 saturated carbocycles. The molecule has 1 aromatic carbocycles. The number of nitrogen functional groups attached to an aromatic ring is 1. The number of benzene rings is 1. The molecule has 0 amide bonds. The normalized spacial score (nSPS) is 23.2. The van der Waals surface area contributed by atoms with E-state index in [1.807, 2.05) is 0 Å². The van der Waals surface area contributed by atoms with Gasteiger partial charge in [-0.1, -0.05) is 6.07 Å².